The monoisotopic (exact) mass is 206 g/mol. The fourth-order valence-electron chi connectivity index (χ4n) is 1.16. The van der Waals surface area contributed by atoms with Crippen LogP contribution in [0.1, 0.15) is 23.0 Å². The van der Waals surface area contributed by atoms with E-state index in [0.717, 1.165) is 0 Å². The highest BCUT2D eigenvalue weighted by molar-refractivity contribution is 5.95. The quantitative estimate of drug-likeness (QED) is 0.765. The molecule has 1 heterocycles. The number of aromatic nitrogens is 1. The van der Waals surface area contributed by atoms with E-state index in [4.69, 9.17) is 4.74 Å². The fraction of sp³-hybridized carbons (Fsp3) is 0.273. The first kappa shape index (κ1) is 11.2. The standard InChI is InChI=1S/C11H14N2O2/c1-4-8-6-10(12-3)9(7-13-8)11(14)15-5-2/h4,6-7H,1,5H2,2-3H3,(H,12,13). The molecule has 0 radical (unpaired) electrons. The number of ether oxygens (including phenoxy) is 1. The molecule has 80 valence electrons. The highest BCUT2D eigenvalue weighted by Crippen LogP contribution is 2.16. The lowest BCUT2D eigenvalue weighted by Gasteiger charge is -2.08. The summed E-state index contributed by atoms with van der Waals surface area (Å²) in [5, 5.41) is 2.92. The summed E-state index contributed by atoms with van der Waals surface area (Å²) < 4.78 is 4.90. The van der Waals surface area contributed by atoms with E-state index in [1.807, 2.05) is 0 Å². The molecule has 1 N–H and O–H groups in total. The minimum absolute atomic E-state index is 0.352. The van der Waals surface area contributed by atoms with Crippen molar-refractivity contribution >= 4 is 17.7 Å². The van der Waals surface area contributed by atoms with E-state index in [9.17, 15) is 4.79 Å². The van der Waals surface area contributed by atoms with Crippen molar-refractivity contribution < 1.29 is 9.53 Å². The molecule has 4 heteroatoms. The second-order valence-corrected chi connectivity index (χ2v) is 2.83. The molecule has 0 aromatic carbocycles. The van der Waals surface area contributed by atoms with Crippen molar-refractivity contribution in [1.29, 1.82) is 0 Å². The van der Waals surface area contributed by atoms with Crippen LogP contribution in [0.25, 0.3) is 6.08 Å². The third-order valence-corrected chi connectivity index (χ3v) is 1.90. The Kier molecular flexibility index (Phi) is 3.85. The molecule has 1 aromatic rings. The molecule has 0 aliphatic heterocycles. The molecule has 0 bridgehead atoms. The lowest BCUT2D eigenvalue weighted by Crippen LogP contribution is -2.09. The molecule has 1 aromatic heterocycles. The van der Waals surface area contributed by atoms with Gasteiger partial charge in [0.1, 0.15) is 5.56 Å². The van der Waals surface area contributed by atoms with Crippen LogP contribution in [0.4, 0.5) is 5.69 Å². The summed E-state index contributed by atoms with van der Waals surface area (Å²) in [7, 11) is 1.74. The van der Waals surface area contributed by atoms with Gasteiger partial charge < -0.3 is 10.1 Å². The molecule has 0 saturated carbocycles. The Morgan fingerprint density at radius 1 is 1.73 bits per heavy atom. The Bertz CT molecular complexity index is 375. The molecule has 0 saturated heterocycles. The van der Waals surface area contributed by atoms with Crippen LogP contribution in [0.15, 0.2) is 18.8 Å². The second-order valence-electron chi connectivity index (χ2n) is 2.83. The first-order valence-corrected chi connectivity index (χ1v) is 4.70. The van der Waals surface area contributed by atoms with Crippen molar-refractivity contribution in [2.45, 2.75) is 6.92 Å². The summed E-state index contributed by atoms with van der Waals surface area (Å²) in [6.45, 7) is 5.73. The molecule has 0 fully saturated rings. The maximum Gasteiger partial charge on any atom is 0.341 e. The van der Waals surface area contributed by atoms with Crippen LogP contribution in [0, 0.1) is 0 Å². The van der Waals surface area contributed by atoms with Crippen molar-refractivity contribution in [1.82, 2.24) is 4.98 Å². The van der Waals surface area contributed by atoms with Crippen molar-refractivity contribution in [3.63, 3.8) is 0 Å². The van der Waals surface area contributed by atoms with Gasteiger partial charge in [-0.05, 0) is 19.1 Å². The number of pyridine rings is 1. The number of hydrogen-bond donors (Lipinski definition) is 1. The van der Waals surface area contributed by atoms with Gasteiger partial charge in [-0.25, -0.2) is 4.79 Å². The van der Waals surface area contributed by atoms with Gasteiger partial charge in [0.25, 0.3) is 0 Å². The zero-order chi connectivity index (χ0) is 11.3. The molecule has 4 nitrogen and oxygen atoms in total. The van der Waals surface area contributed by atoms with Gasteiger partial charge in [0.2, 0.25) is 0 Å². The number of nitrogens with one attached hydrogen (secondary N) is 1. The molecule has 0 atom stereocenters. The predicted octanol–water partition coefficient (Wildman–Crippen LogP) is 1.94. The van der Waals surface area contributed by atoms with Crippen LogP contribution in [0.5, 0.6) is 0 Å². The summed E-state index contributed by atoms with van der Waals surface area (Å²) in [6.07, 6.45) is 3.11. The number of rotatable bonds is 4. The third kappa shape index (κ3) is 2.56. The van der Waals surface area contributed by atoms with Gasteiger partial charge in [0, 0.05) is 13.2 Å². The Labute approximate surface area is 89.0 Å². The Hall–Kier alpha value is -1.84. The van der Waals surface area contributed by atoms with Gasteiger partial charge in [-0.15, -0.1) is 0 Å². The van der Waals surface area contributed by atoms with Crippen molar-refractivity contribution in [2.75, 3.05) is 19.0 Å². The van der Waals surface area contributed by atoms with Crippen molar-refractivity contribution in [3.05, 3.63) is 30.1 Å². The summed E-state index contributed by atoms with van der Waals surface area (Å²) >= 11 is 0. The molecular weight excluding hydrogens is 192 g/mol. The highest BCUT2D eigenvalue weighted by Gasteiger charge is 2.12. The summed E-state index contributed by atoms with van der Waals surface area (Å²) in [5.41, 5.74) is 1.84. The van der Waals surface area contributed by atoms with Crippen molar-refractivity contribution in [3.8, 4) is 0 Å². The number of carbonyl (C=O) groups excluding carboxylic acids is 1. The first-order chi connectivity index (χ1) is 7.22. The zero-order valence-corrected chi connectivity index (χ0v) is 8.91. The smallest absolute Gasteiger partial charge is 0.341 e. The third-order valence-electron chi connectivity index (χ3n) is 1.90. The van der Waals surface area contributed by atoms with E-state index in [2.05, 4.69) is 16.9 Å². The van der Waals surface area contributed by atoms with Crippen molar-refractivity contribution in [2.24, 2.45) is 0 Å². The minimum Gasteiger partial charge on any atom is -0.462 e. The maximum atomic E-state index is 11.5. The number of esters is 1. The minimum atomic E-state index is -0.370. The van der Waals surface area contributed by atoms with Crippen LogP contribution in [0.2, 0.25) is 0 Å². The van der Waals surface area contributed by atoms with E-state index in [0.29, 0.717) is 23.6 Å². The lowest BCUT2D eigenvalue weighted by molar-refractivity contribution is 0.0527. The van der Waals surface area contributed by atoms with E-state index < -0.39 is 0 Å². The molecule has 0 aliphatic carbocycles. The highest BCUT2D eigenvalue weighted by atomic mass is 16.5. The average Bonchev–Trinajstić information content (AvgIpc) is 2.28. The van der Waals surface area contributed by atoms with E-state index in [1.54, 1.807) is 26.1 Å². The van der Waals surface area contributed by atoms with Gasteiger partial charge in [-0.3, -0.25) is 4.98 Å². The maximum absolute atomic E-state index is 11.5. The molecule has 0 amide bonds. The predicted molar refractivity (Wildman–Crippen MR) is 59.8 cm³/mol. The number of carbonyl (C=O) groups is 1. The van der Waals surface area contributed by atoms with Crippen LogP contribution in [-0.2, 0) is 4.74 Å². The fourth-order valence-corrected chi connectivity index (χ4v) is 1.16. The SMILES string of the molecule is C=Cc1cc(NC)c(C(=O)OCC)cn1. The second kappa shape index (κ2) is 5.14. The molecule has 0 unspecified atom stereocenters. The van der Waals surface area contributed by atoms with Crippen LogP contribution in [0.3, 0.4) is 0 Å². The van der Waals surface area contributed by atoms with E-state index in [1.165, 1.54) is 6.20 Å². The molecular formula is C11H14N2O2. The van der Waals surface area contributed by atoms with Crippen LogP contribution in [-0.4, -0.2) is 24.6 Å². The Balaban J connectivity index is 3.07. The molecule has 15 heavy (non-hydrogen) atoms. The number of nitrogens with zero attached hydrogens (tertiary/aromatic N) is 1. The van der Waals surface area contributed by atoms with Gasteiger partial charge in [0.05, 0.1) is 18.0 Å². The van der Waals surface area contributed by atoms with Gasteiger partial charge >= 0.3 is 5.97 Å². The van der Waals surface area contributed by atoms with E-state index in [-0.39, 0.29) is 5.97 Å². The summed E-state index contributed by atoms with van der Waals surface area (Å²) in [4.78, 5) is 15.5. The molecule has 0 spiro atoms. The Morgan fingerprint density at radius 2 is 2.47 bits per heavy atom. The van der Waals surface area contributed by atoms with Crippen LogP contribution >= 0.6 is 0 Å². The van der Waals surface area contributed by atoms with E-state index >= 15 is 0 Å². The van der Waals surface area contributed by atoms with Gasteiger partial charge in [-0.1, -0.05) is 6.58 Å². The average molecular weight is 206 g/mol. The molecule has 0 aliphatic rings. The number of anilines is 1. The van der Waals surface area contributed by atoms with Crippen LogP contribution < -0.4 is 5.32 Å². The largest absolute Gasteiger partial charge is 0.462 e. The number of hydrogen-bond acceptors (Lipinski definition) is 4. The summed E-state index contributed by atoms with van der Waals surface area (Å²) in [5.74, 6) is -0.370. The van der Waals surface area contributed by atoms with Gasteiger partial charge in [-0.2, -0.15) is 0 Å². The first-order valence-electron chi connectivity index (χ1n) is 4.70. The molecule has 1 rings (SSSR count). The Morgan fingerprint density at radius 3 is 3.00 bits per heavy atom. The van der Waals surface area contributed by atoms with Gasteiger partial charge in [0.15, 0.2) is 0 Å². The lowest BCUT2D eigenvalue weighted by atomic mass is 10.2. The topological polar surface area (TPSA) is 51.2 Å². The normalized spacial score (nSPS) is 9.47. The zero-order valence-electron chi connectivity index (χ0n) is 8.91. The summed E-state index contributed by atoms with van der Waals surface area (Å²) in [6, 6.07) is 1.75.